The molecule has 12 heavy (non-hydrogen) atoms. The van der Waals surface area contributed by atoms with E-state index in [2.05, 4.69) is 0 Å². The Bertz CT molecular complexity index is 171. The summed E-state index contributed by atoms with van der Waals surface area (Å²) in [6.07, 6.45) is 4.54. The van der Waals surface area contributed by atoms with Gasteiger partial charge in [-0.1, -0.05) is 0 Å². The van der Waals surface area contributed by atoms with Gasteiger partial charge in [0.1, 0.15) is 0 Å². The zero-order valence-electron chi connectivity index (χ0n) is 7.92. The predicted octanol–water partition coefficient (Wildman–Crippen LogP) is 1.69. The van der Waals surface area contributed by atoms with Crippen LogP contribution >= 0.6 is 0 Å². The van der Waals surface area contributed by atoms with Gasteiger partial charge in [0.05, 0.1) is 12.9 Å². The molecular formula is C9H16O3. The van der Waals surface area contributed by atoms with Gasteiger partial charge in [-0.05, 0) is 6.08 Å². The minimum absolute atomic E-state index is 0.415. The molecule has 70 valence electrons. The number of methoxy groups -OCH3 is 3. The molecule has 0 aromatic rings. The highest BCUT2D eigenvalue weighted by Gasteiger charge is 2.31. The third-order valence-electron chi connectivity index (χ3n) is 2.40. The van der Waals surface area contributed by atoms with Crippen LogP contribution in [0.3, 0.4) is 0 Å². The maximum absolute atomic E-state index is 5.30. The fraction of sp³-hybridized carbons (Fsp3) is 0.778. The van der Waals surface area contributed by atoms with Gasteiger partial charge in [-0.2, -0.15) is 0 Å². The van der Waals surface area contributed by atoms with Gasteiger partial charge < -0.3 is 14.2 Å². The predicted molar refractivity (Wildman–Crippen MR) is 45.7 cm³/mol. The van der Waals surface area contributed by atoms with E-state index in [1.165, 1.54) is 0 Å². The Labute approximate surface area is 73.3 Å². The fourth-order valence-electron chi connectivity index (χ4n) is 1.43. The van der Waals surface area contributed by atoms with Gasteiger partial charge in [0, 0.05) is 33.5 Å². The standard InChI is InChI=1S/C9H16O3/c1-10-8-4-6-9(11-2,12-3)7-5-8/h4H,5-7H2,1-3H3. The first-order chi connectivity index (χ1) is 5.76. The summed E-state index contributed by atoms with van der Waals surface area (Å²) >= 11 is 0. The van der Waals surface area contributed by atoms with E-state index in [0.29, 0.717) is 0 Å². The van der Waals surface area contributed by atoms with Crippen LogP contribution in [0.15, 0.2) is 11.8 Å². The van der Waals surface area contributed by atoms with Gasteiger partial charge in [-0.25, -0.2) is 0 Å². The van der Waals surface area contributed by atoms with E-state index >= 15 is 0 Å². The lowest BCUT2D eigenvalue weighted by Gasteiger charge is -2.33. The minimum atomic E-state index is -0.415. The van der Waals surface area contributed by atoms with Crippen molar-refractivity contribution in [3.63, 3.8) is 0 Å². The second-order valence-corrected chi connectivity index (χ2v) is 2.90. The molecule has 0 unspecified atom stereocenters. The molecule has 0 atom stereocenters. The van der Waals surface area contributed by atoms with Crippen molar-refractivity contribution in [3.05, 3.63) is 11.8 Å². The molecule has 0 bridgehead atoms. The summed E-state index contributed by atoms with van der Waals surface area (Å²) in [4.78, 5) is 0. The molecule has 0 N–H and O–H groups in total. The van der Waals surface area contributed by atoms with E-state index < -0.39 is 5.79 Å². The molecule has 3 nitrogen and oxygen atoms in total. The van der Waals surface area contributed by atoms with E-state index in [1.54, 1.807) is 21.3 Å². The maximum atomic E-state index is 5.30. The van der Waals surface area contributed by atoms with Crippen LogP contribution < -0.4 is 0 Å². The molecule has 0 heterocycles. The van der Waals surface area contributed by atoms with E-state index in [9.17, 15) is 0 Å². The van der Waals surface area contributed by atoms with Crippen molar-refractivity contribution < 1.29 is 14.2 Å². The number of ether oxygens (including phenoxy) is 3. The molecule has 0 aliphatic heterocycles. The third kappa shape index (κ3) is 1.79. The number of rotatable bonds is 3. The van der Waals surface area contributed by atoms with Gasteiger partial charge >= 0.3 is 0 Å². The third-order valence-corrected chi connectivity index (χ3v) is 2.40. The number of allylic oxidation sites excluding steroid dienone is 1. The summed E-state index contributed by atoms with van der Waals surface area (Å²) < 4.78 is 15.7. The molecule has 0 aromatic carbocycles. The highest BCUT2D eigenvalue weighted by atomic mass is 16.7. The zero-order chi connectivity index (χ0) is 9.03. The summed E-state index contributed by atoms with van der Waals surface area (Å²) in [7, 11) is 5.04. The molecule has 0 fully saturated rings. The van der Waals surface area contributed by atoms with E-state index in [0.717, 1.165) is 25.0 Å². The van der Waals surface area contributed by atoms with Crippen molar-refractivity contribution in [2.75, 3.05) is 21.3 Å². The summed E-state index contributed by atoms with van der Waals surface area (Å²) in [6, 6.07) is 0. The topological polar surface area (TPSA) is 27.7 Å². The molecule has 0 radical (unpaired) electrons. The van der Waals surface area contributed by atoms with Crippen LogP contribution in [-0.2, 0) is 14.2 Å². The summed E-state index contributed by atoms with van der Waals surface area (Å²) in [5.41, 5.74) is 0. The first-order valence-electron chi connectivity index (χ1n) is 4.09. The van der Waals surface area contributed by atoms with Crippen molar-refractivity contribution in [1.82, 2.24) is 0 Å². The van der Waals surface area contributed by atoms with Crippen molar-refractivity contribution in [2.45, 2.75) is 25.0 Å². The molecule has 1 aliphatic carbocycles. The number of hydrogen-bond donors (Lipinski definition) is 0. The second-order valence-electron chi connectivity index (χ2n) is 2.90. The van der Waals surface area contributed by atoms with Crippen molar-refractivity contribution in [1.29, 1.82) is 0 Å². The monoisotopic (exact) mass is 172 g/mol. The van der Waals surface area contributed by atoms with Gasteiger partial charge in [0.25, 0.3) is 0 Å². The molecule has 0 spiro atoms. The molecule has 3 heteroatoms. The molecular weight excluding hydrogens is 156 g/mol. The van der Waals surface area contributed by atoms with Crippen LogP contribution in [0.25, 0.3) is 0 Å². The molecule has 1 aliphatic rings. The Morgan fingerprint density at radius 3 is 2.25 bits per heavy atom. The van der Waals surface area contributed by atoms with Crippen LogP contribution in [0.2, 0.25) is 0 Å². The van der Waals surface area contributed by atoms with E-state index in [1.807, 2.05) is 6.08 Å². The molecule has 0 saturated carbocycles. The zero-order valence-corrected chi connectivity index (χ0v) is 7.92. The van der Waals surface area contributed by atoms with Gasteiger partial charge in [-0.3, -0.25) is 0 Å². The van der Waals surface area contributed by atoms with E-state index in [-0.39, 0.29) is 0 Å². The van der Waals surface area contributed by atoms with Gasteiger partial charge in [0.15, 0.2) is 5.79 Å². The molecule has 0 amide bonds. The van der Waals surface area contributed by atoms with Crippen LogP contribution in [0.5, 0.6) is 0 Å². The Morgan fingerprint density at radius 2 is 1.92 bits per heavy atom. The Kier molecular flexibility index (Phi) is 3.12. The van der Waals surface area contributed by atoms with E-state index in [4.69, 9.17) is 14.2 Å². The highest BCUT2D eigenvalue weighted by Crippen LogP contribution is 2.30. The Morgan fingerprint density at radius 1 is 1.25 bits per heavy atom. The first-order valence-corrected chi connectivity index (χ1v) is 4.09. The largest absolute Gasteiger partial charge is 0.501 e. The average Bonchev–Trinajstić information content (AvgIpc) is 2.18. The average molecular weight is 172 g/mol. The fourth-order valence-corrected chi connectivity index (χ4v) is 1.43. The Balaban J connectivity index is 2.59. The molecule has 1 rings (SSSR count). The Hall–Kier alpha value is -0.540. The summed E-state index contributed by atoms with van der Waals surface area (Å²) in [5.74, 6) is 0.613. The van der Waals surface area contributed by atoms with Crippen LogP contribution in [0, 0.1) is 0 Å². The molecule has 0 saturated heterocycles. The first kappa shape index (κ1) is 9.55. The quantitative estimate of drug-likeness (QED) is 0.606. The van der Waals surface area contributed by atoms with Crippen LogP contribution in [-0.4, -0.2) is 27.1 Å². The van der Waals surface area contributed by atoms with Crippen molar-refractivity contribution in [3.8, 4) is 0 Å². The normalized spacial score (nSPS) is 21.8. The van der Waals surface area contributed by atoms with Crippen LogP contribution in [0.4, 0.5) is 0 Å². The lowest BCUT2D eigenvalue weighted by atomic mass is 9.99. The molecule has 0 aromatic heterocycles. The number of hydrogen-bond acceptors (Lipinski definition) is 3. The lowest BCUT2D eigenvalue weighted by molar-refractivity contribution is -0.211. The maximum Gasteiger partial charge on any atom is 0.171 e. The minimum Gasteiger partial charge on any atom is -0.501 e. The SMILES string of the molecule is COC1=CCC(OC)(OC)CC1. The van der Waals surface area contributed by atoms with Crippen molar-refractivity contribution >= 4 is 0 Å². The smallest absolute Gasteiger partial charge is 0.171 e. The highest BCUT2D eigenvalue weighted by molar-refractivity contribution is 5.02. The lowest BCUT2D eigenvalue weighted by Crippen LogP contribution is -2.35. The summed E-state index contributed by atoms with van der Waals surface area (Å²) in [6.45, 7) is 0. The van der Waals surface area contributed by atoms with Crippen molar-refractivity contribution in [2.24, 2.45) is 0 Å². The van der Waals surface area contributed by atoms with Crippen LogP contribution in [0.1, 0.15) is 19.3 Å². The summed E-state index contributed by atoms with van der Waals surface area (Å²) in [5, 5.41) is 0. The van der Waals surface area contributed by atoms with Gasteiger partial charge in [0.2, 0.25) is 0 Å². The van der Waals surface area contributed by atoms with Gasteiger partial charge in [-0.15, -0.1) is 0 Å². The second kappa shape index (κ2) is 3.92.